The number of aromatic nitrogens is 1. The van der Waals surface area contributed by atoms with Gasteiger partial charge in [0.1, 0.15) is 10.7 Å². The van der Waals surface area contributed by atoms with Gasteiger partial charge in [-0.1, -0.05) is 34.5 Å². The molecule has 19 heavy (non-hydrogen) atoms. The lowest BCUT2D eigenvalue weighted by Gasteiger charge is -2.06. The van der Waals surface area contributed by atoms with E-state index in [-0.39, 0.29) is 11.7 Å². The SMILES string of the molecule is CNc1nc(N)c(C(=O)Nc2ccc(Cl)cc2Cl)s1. The maximum atomic E-state index is 12.1. The van der Waals surface area contributed by atoms with Crippen molar-refractivity contribution in [2.75, 3.05) is 23.4 Å². The number of nitrogens with zero attached hydrogens (tertiary/aromatic N) is 1. The minimum atomic E-state index is -0.360. The highest BCUT2D eigenvalue weighted by molar-refractivity contribution is 7.18. The first-order valence-electron chi connectivity index (χ1n) is 5.21. The van der Waals surface area contributed by atoms with E-state index in [0.29, 0.717) is 25.7 Å². The lowest BCUT2D eigenvalue weighted by Crippen LogP contribution is -2.12. The third-order valence-electron chi connectivity index (χ3n) is 2.25. The fraction of sp³-hybridized carbons (Fsp3) is 0.0909. The van der Waals surface area contributed by atoms with Crippen molar-refractivity contribution in [2.45, 2.75) is 0 Å². The van der Waals surface area contributed by atoms with E-state index in [0.717, 1.165) is 0 Å². The molecule has 1 amide bonds. The number of rotatable bonds is 3. The Labute approximate surface area is 123 Å². The molecule has 0 saturated carbocycles. The van der Waals surface area contributed by atoms with Gasteiger partial charge in [-0.05, 0) is 18.2 Å². The molecule has 5 nitrogen and oxygen atoms in total. The molecule has 2 rings (SSSR count). The molecule has 0 bridgehead atoms. The fourth-order valence-electron chi connectivity index (χ4n) is 1.37. The van der Waals surface area contributed by atoms with Crippen molar-refractivity contribution in [2.24, 2.45) is 0 Å². The number of thiazole rings is 1. The van der Waals surface area contributed by atoms with Crippen LogP contribution in [-0.4, -0.2) is 17.9 Å². The summed E-state index contributed by atoms with van der Waals surface area (Å²) in [5.41, 5.74) is 6.15. The van der Waals surface area contributed by atoms with E-state index in [1.807, 2.05) is 0 Å². The molecule has 0 radical (unpaired) electrons. The number of halogens is 2. The Balaban J connectivity index is 2.23. The largest absolute Gasteiger partial charge is 0.382 e. The molecule has 2 aromatic rings. The molecule has 1 aromatic carbocycles. The molecule has 1 heterocycles. The smallest absolute Gasteiger partial charge is 0.269 e. The zero-order chi connectivity index (χ0) is 14.0. The van der Waals surface area contributed by atoms with Crippen LogP contribution in [0.4, 0.5) is 16.6 Å². The molecule has 100 valence electrons. The fourth-order valence-corrected chi connectivity index (χ4v) is 2.56. The van der Waals surface area contributed by atoms with E-state index in [1.165, 1.54) is 11.3 Å². The predicted octanol–water partition coefficient (Wildman–Crippen LogP) is 3.33. The average Bonchev–Trinajstić information content (AvgIpc) is 2.74. The van der Waals surface area contributed by atoms with Crippen molar-refractivity contribution in [1.82, 2.24) is 4.98 Å². The molecule has 0 aliphatic heterocycles. The van der Waals surface area contributed by atoms with Crippen LogP contribution in [-0.2, 0) is 0 Å². The topological polar surface area (TPSA) is 80.0 Å². The van der Waals surface area contributed by atoms with Gasteiger partial charge < -0.3 is 16.4 Å². The minimum absolute atomic E-state index is 0.178. The summed E-state index contributed by atoms with van der Waals surface area (Å²) < 4.78 is 0. The number of carbonyl (C=O) groups excluding carboxylic acids is 1. The molecule has 0 saturated heterocycles. The Morgan fingerprint density at radius 3 is 2.74 bits per heavy atom. The Morgan fingerprint density at radius 1 is 1.42 bits per heavy atom. The first-order chi connectivity index (χ1) is 9.01. The number of nitrogens with two attached hydrogens (primary N) is 1. The summed E-state index contributed by atoms with van der Waals surface area (Å²) in [6.45, 7) is 0. The van der Waals surface area contributed by atoms with Gasteiger partial charge in [0.15, 0.2) is 5.13 Å². The lowest BCUT2D eigenvalue weighted by molar-refractivity contribution is 0.103. The van der Waals surface area contributed by atoms with Gasteiger partial charge >= 0.3 is 0 Å². The van der Waals surface area contributed by atoms with E-state index in [2.05, 4.69) is 15.6 Å². The molecule has 0 spiro atoms. The Morgan fingerprint density at radius 2 is 2.16 bits per heavy atom. The van der Waals surface area contributed by atoms with E-state index in [1.54, 1.807) is 25.2 Å². The summed E-state index contributed by atoms with van der Waals surface area (Å²) in [7, 11) is 1.70. The van der Waals surface area contributed by atoms with E-state index in [9.17, 15) is 4.79 Å². The highest BCUT2D eigenvalue weighted by atomic mass is 35.5. The maximum Gasteiger partial charge on any atom is 0.269 e. The molecular formula is C11H10Cl2N4OS. The number of benzene rings is 1. The van der Waals surface area contributed by atoms with Crippen LogP contribution in [0.3, 0.4) is 0 Å². The first kappa shape index (κ1) is 13.9. The van der Waals surface area contributed by atoms with Crippen LogP contribution in [0.25, 0.3) is 0 Å². The van der Waals surface area contributed by atoms with E-state index in [4.69, 9.17) is 28.9 Å². The third-order valence-corrected chi connectivity index (χ3v) is 3.89. The maximum absolute atomic E-state index is 12.1. The van der Waals surface area contributed by atoms with Gasteiger partial charge in [-0.2, -0.15) is 0 Å². The van der Waals surface area contributed by atoms with Crippen molar-refractivity contribution < 1.29 is 4.79 Å². The van der Waals surface area contributed by atoms with Crippen LogP contribution in [0.2, 0.25) is 10.0 Å². The number of anilines is 3. The van der Waals surface area contributed by atoms with Gasteiger partial charge in [-0.3, -0.25) is 4.79 Å². The van der Waals surface area contributed by atoms with E-state index >= 15 is 0 Å². The zero-order valence-corrected chi connectivity index (χ0v) is 12.2. The summed E-state index contributed by atoms with van der Waals surface area (Å²) in [6, 6.07) is 4.81. The van der Waals surface area contributed by atoms with Crippen LogP contribution >= 0.6 is 34.5 Å². The number of nitrogens with one attached hydrogen (secondary N) is 2. The molecule has 1 aromatic heterocycles. The summed E-state index contributed by atoms with van der Waals surface area (Å²) in [5, 5.41) is 6.93. The van der Waals surface area contributed by atoms with Crippen LogP contribution < -0.4 is 16.4 Å². The highest BCUT2D eigenvalue weighted by Crippen LogP contribution is 2.28. The predicted molar refractivity (Wildman–Crippen MR) is 80.5 cm³/mol. The quantitative estimate of drug-likeness (QED) is 0.811. The van der Waals surface area contributed by atoms with Crippen molar-refractivity contribution in [3.8, 4) is 0 Å². The third kappa shape index (κ3) is 3.09. The van der Waals surface area contributed by atoms with Gasteiger partial charge in [0.05, 0.1) is 10.7 Å². The molecule has 0 unspecified atom stereocenters. The van der Waals surface area contributed by atoms with Crippen LogP contribution in [0.15, 0.2) is 18.2 Å². The standard InChI is InChI=1S/C11H10Cl2N4OS/c1-15-11-17-9(14)8(19-11)10(18)16-7-3-2-5(12)4-6(7)13/h2-4H,14H2,1H3,(H,15,17)(H,16,18). The normalized spacial score (nSPS) is 10.3. The molecule has 0 aliphatic carbocycles. The van der Waals surface area contributed by atoms with Gasteiger partial charge in [0, 0.05) is 12.1 Å². The second-order valence-electron chi connectivity index (χ2n) is 3.56. The Bertz CT molecular complexity index is 629. The molecular weight excluding hydrogens is 307 g/mol. The molecule has 8 heteroatoms. The van der Waals surface area contributed by atoms with Crippen molar-refractivity contribution >= 4 is 57.1 Å². The van der Waals surface area contributed by atoms with Crippen LogP contribution in [0.5, 0.6) is 0 Å². The van der Waals surface area contributed by atoms with E-state index < -0.39 is 0 Å². The molecule has 0 atom stereocenters. The van der Waals surface area contributed by atoms with Gasteiger partial charge in [-0.25, -0.2) is 4.98 Å². The Hall–Kier alpha value is -1.50. The van der Waals surface area contributed by atoms with Crippen molar-refractivity contribution in [1.29, 1.82) is 0 Å². The summed E-state index contributed by atoms with van der Waals surface area (Å²) >= 11 is 12.9. The second-order valence-corrected chi connectivity index (χ2v) is 5.40. The molecule has 0 aliphatic rings. The van der Waals surface area contributed by atoms with Gasteiger partial charge in [0.2, 0.25) is 0 Å². The summed E-state index contributed by atoms with van der Waals surface area (Å²) in [4.78, 5) is 16.4. The van der Waals surface area contributed by atoms with Crippen molar-refractivity contribution in [3.63, 3.8) is 0 Å². The monoisotopic (exact) mass is 316 g/mol. The second kappa shape index (κ2) is 5.64. The Kier molecular flexibility index (Phi) is 4.14. The molecule has 4 N–H and O–H groups in total. The average molecular weight is 317 g/mol. The number of hydrogen-bond acceptors (Lipinski definition) is 5. The first-order valence-corrected chi connectivity index (χ1v) is 6.79. The number of hydrogen-bond donors (Lipinski definition) is 3. The van der Waals surface area contributed by atoms with Gasteiger partial charge in [0.25, 0.3) is 5.91 Å². The number of amides is 1. The number of nitrogen functional groups attached to an aromatic ring is 1. The van der Waals surface area contributed by atoms with Crippen LogP contribution in [0, 0.1) is 0 Å². The van der Waals surface area contributed by atoms with Gasteiger partial charge in [-0.15, -0.1) is 0 Å². The molecule has 0 fully saturated rings. The minimum Gasteiger partial charge on any atom is -0.382 e. The summed E-state index contributed by atoms with van der Waals surface area (Å²) in [5.74, 6) is -0.183. The number of carbonyl (C=O) groups is 1. The highest BCUT2D eigenvalue weighted by Gasteiger charge is 2.16. The van der Waals surface area contributed by atoms with Crippen molar-refractivity contribution in [3.05, 3.63) is 33.1 Å². The lowest BCUT2D eigenvalue weighted by atomic mass is 10.3. The van der Waals surface area contributed by atoms with Crippen LogP contribution in [0.1, 0.15) is 9.67 Å². The zero-order valence-electron chi connectivity index (χ0n) is 9.83. The summed E-state index contributed by atoms with van der Waals surface area (Å²) in [6.07, 6.45) is 0.